The Bertz CT molecular complexity index is 476. The summed E-state index contributed by atoms with van der Waals surface area (Å²) in [6, 6.07) is 8.29. The highest BCUT2D eigenvalue weighted by Crippen LogP contribution is 2.29. The first kappa shape index (κ1) is 15.2. The van der Waals surface area contributed by atoms with Gasteiger partial charge >= 0.3 is 5.97 Å². The van der Waals surface area contributed by atoms with Crippen LogP contribution in [0.1, 0.15) is 19.8 Å². The minimum absolute atomic E-state index is 0.209. The molecule has 0 spiro atoms. The lowest BCUT2D eigenvalue weighted by molar-refractivity contribution is -0.146. The lowest BCUT2D eigenvalue weighted by Crippen LogP contribution is -2.53. The van der Waals surface area contributed by atoms with Gasteiger partial charge in [-0.3, -0.25) is 10.1 Å². The molecule has 1 aliphatic rings. The SMILES string of the molecule is COC(=O)C(C)(CSc1cccc(OC)c1)NC1CC1. The van der Waals surface area contributed by atoms with E-state index >= 15 is 0 Å². The lowest BCUT2D eigenvalue weighted by atomic mass is 10.1. The van der Waals surface area contributed by atoms with Gasteiger partial charge in [0.25, 0.3) is 0 Å². The van der Waals surface area contributed by atoms with Crippen LogP contribution in [0.4, 0.5) is 0 Å². The van der Waals surface area contributed by atoms with Crippen molar-refractivity contribution in [3.8, 4) is 5.75 Å². The molecule has 2 rings (SSSR count). The minimum atomic E-state index is -0.649. The van der Waals surface area contributed by atoms with Crippen molar-refractivity contribution in [1.29, 1.82) is 0 Å². The molecule has 0 aliphatic heterocycles. The van der Waals surface area contributed by atoms with E-state index in [1.54, 1.807) is 18.9 Å². The summed E-state index contributed by atoms with van der Waals surface area (Å²) in [6.45, 7) is 1.91. The summed E-state index contributed by atoms with van der Waals surface area (Å²) in [4.78, 5) is 13.1. The Balaban J connectivity index is 2.01. The largest absolute Gasteiger partial charge is 0.497 e. The Labute approximate surface area is 124 Å². The third kappa shape index (κ3) is 3.90. The van der Waals surface area contributed by atoms with Crippen LogP contribution in [0.3, 0.4) is 0 Å². The molecule has 1 aromatic carbocycles. The molecule has 1 aliphatic carbocycles. The summed E-state index contributed by atoms with van der Waals surface area (Å²) in [5.74, 6) is 1.24. The van der Waals surface area contributed by atoms with Crippen molar-refractivity contribution < 1.29 is 14.3 Å². The van der Waals surface area contributed by atoms with E-state index in [0.29, 0.717) is 11.8 Å². The van der Waals surface area contributed by atoms with E-state index in [1.165, 1.54) is 7.11 Å². The molecule has 0 aromatic heterocycles. The van der Waals surface area contributed by atoms with Crippen molar-refractivity contribution in [2.24, 2.45) is 0 Å². The highest BCUT2D eigenvalue weighted by Gasteiger charge is 2.39. The molecule has 1 atom stereocenters. The first-order valence-corrected chi connectivity index (χ1v) is 7.69. The fourth-order valence-electron chi connectivity index (χ4n) is 1.98. The molecule has 1 fully saturated rings. The number of rotatable bonds is 7. The number of ether oxygens (including phenoxy) is 2. The molecular weight excluding hydrogens is 274 g/mol. The molecular formula is C15H21NO3S. The van der Waals surface area contributed by atoms with Crippen LogP contribution in [0, 0.1) is 0 Å². The second-order valence-electron chi connectivity index (χ2n) is 5.21. The predicted molar refractivity (Wildman–Crippen MR) is 80.3 cm³/mol. The normalized spacial score (nSPS) is 17.4. The van der Waals surface area contributed by atoms with E-state index in [-0.39, 0.29) is 5.97 Å². The maximum Gasteiger partial charge on any atom is 0.326 e. The van der Waals surface area contributed by atoms with Gasteiger partial charge in [0, 0.05) is 16.7 Å². The molecule has 1 N–H and O–H groups in total. The van der Waals surface area contributed by atoms with E-state index in [0.717, 1.165) is 23.5 Å². The van der Waals surface area contributed by atoms with Crippen LogP contribution in [0.2, 0.25) is 0 Å². The van der Waals surface area contributed by atoms with Gasteiger partial charge in [0.2, 0.25) is 0 Å². The van der Waals surface area contributed by atoms with Crippen molar-refractivity contribution in [2.75, 3.05) is 20.0 Å². The Morgan fingerprint density at radius 3 is 2.80 bits per heavy atom. The first-order valence-electron chi connectivity index (χ1n) is 6.70. The maximum absolute atomic E-state index is 12.0. The molecule has 0 radical (unpaired) electrons. The number of methoxy groups -OCH3 is 2. The van der Waals surface area contributed by atoms with Crippen LogP contribution in [0.5, 0.6) is 5.75 Å². The van der Waals surface area contributed by atoms with Crippen molar-refractivity contribution in [3.05, 3.63) is 24.3 Å². The molecule has 20 heavy (non-hydrogen) atoms. The van der Waals surface area contributed by atoms with Crippen LogP contribution in [-0.4, -0.2) is 37.5 Å². The molecule has 0 amide bonds. The van der Waals surface area contributed by atoms with Crippen molar-refractivity contribution in [2.45, 2.75) is 36.2 Å². The van der Waals surface area contributed by atoms with Crippen LogP contribution in [0.15, 0.2) is 29.2 Å². The van der Waals surface area contributed by atoms with Crippen molar-refractivity contribution in [3.63, 3.8) is 0 Å². The predicted octanol–water partition coefficient (Wildman–Crippen LogP) is 2.47. The maximum atomic E-state index is 12.0. The molecule has 0 heterocycles. The molecule has 1 unspecified atom stereocenters. The van der Waals surface area contributed by atoms with Gasteiger partial charge in [0.15, 0.2) is 0 Å². The highest BCUT2D eigenvalue weighted by molar-refractivity contribution is 7.99. The van der Waals surface area contributed by atoms with Gasteiger partial charge in [0.1, 0.15) is 11.3 Å². The first-order chi connectivity index (χ1) is 9.57. The molecule has 0 saturated heterocycles. The van der Waals surface area contributed by atoms with Gasteiger partial charge in [-0.05, 0) is 38.0 Å². The Morgan fingerprint density at radius 2 is 2.20 bits per heavy atom. The summed E-state index contributed by atoms with van der Waals surface area (Å²) in [5, 5.41) is 3.39. The van der Waals surface area contributed by atoms with E-state index in [1.807, 2.05) is 31.2 Å². The summed E-state index contributed by atoms with van der Waals surface area (Å²) < 4.78 is 10.1. The van der Waals surface area contributed by atoms with Gasteiger partial charge in [-0.2, -0.15) is 0 Å². The van der Waals surface area contributed by atoms with Gasteiger partial charge in [-0.25, -0.2) is 0 Å². The summed E-state index contributed by atoms with van der Waals surface area (Å²) in [7, 11) is 3.09. The Hall–Kier alpha value is -1.20. The second kappa shape index (κ2) is 6.50. The van der Waals surface area contributed by atoms with E-state index in [4.69, 9.17) is 9.47 Å². The zero-order chi connectivity index (χ0) is 14.6. The van der Waals surface area contributed by atoms with Gasteiger partial charge in [0.05, 0.1) is 14.2 Å². The van der Waals surface area contributed by atoms with Gasteiger partial charge in [-0.1, -0.05) is 6.07 Å². The number of carbonyl (C=O) groups excluding carboxylic acids is 1. The van der Waals surface area contributed by atoms with Crippen molar-refractivity contribution in [1.82, 2.24) is 5.32 Å². The van der Waals surface area contributed by atoms with E-state index < -0.39 is 5.54 Å². The van der Waals surface area contributed by atoms with Crippen LogP contribution in [-0.2, 0) is 9.53 Å². The number of esters is 1. The molecule has 4 nitrogen and oxygen atoms in total. The molecule has 0 bridgehead atoms. The number of hydrogen-bond acceptors (Lipinski definition) is 5. The fraction of sp³-hybridized carbons (Fsp3) is 0.533. The third-order valence-electron chi connectivity index (χ3n) is 3.30. The summed E-state index contributed by atoms with van der Waals surface area (Å²) in [6.07, 6.45) is 2.27. The van der Waals surface area contributed by atoms with Crippen LogP contribution < -0.4 is 10.1 Å². The van der Waals surface area contributed by atoms with Gasteiger partial charge < -0.3 is 9.47 Å². The zero-order valence-corrected chi connectivity index (χ0v) is 13.0. The Kier molecular flexibility index (Phi) is 4.94. The minimum Gasteiger partial charge on any atom is -0.497 e. The Morgan fingerprint density at radius 1 is 1.45 bits per heavy atom. The standard InChI is InChI=1S/C15H21NO3S/c1-15(14(17)19-3,16-11-7-8-11)10-20-13-6-4-5-12(9-13)18-2/h4-6,9,11,16H,7-8,10H2,1-3H3. The van der Waals surface area contributed by atoms with E-state index in [9.17, 15) is 4.79 Å². The third-order valence-corrected chi connectivity index (χ3v) is 4.61. The quantitative estimate of drug-likeness (QED) is 0.618. The molecule has 1 saturated carbocycles. The molecule has 110 valence electrons. The monoisotopic (exact) mass is 295 g/mol. The number of hydrogen-bond donors (Lipinski definition) is 1. The smallest absolute Gasteiger partial charge is 0.326 e. The summed E-state index contributed by atoms with van der Waals surface area (Å²) >= 11 is 1.63. The second-order valence-corrected chi connectivity index (χ2v) is 6.26. The van der Waals surface area contributed by atoms with E-state index in [2.05, 4.69) is 5.32 Å². The average Bonchev–Trinajstić information content (AvgIpc) is 3.28. The number of nitrogens with one attached hydrogen (secondary N) is 1. The number of carbonyl (C=O) groups is 1. The molecule has 5 heteroatoms. The topological polar surface area (TPSA) is 47.6 Å². The van der Waals surface area contributed by atoms with Crippen LogP contribution >= 0.6 is 11.8 Å². The fourth-order valence-corrected chi connectivity index (χ4v) is 3.01. The summed E-state index contributed by atoms with van der Waals surface area (Å²) in [5.41, 5.74) is -0.649. The molecule has 1 aromatic rings. The average molecular weight is 295 g/mol. The van der Waals surface area contributed by atoms with Crippen LogP contribution in [0.25, 0.3) is 0 Å². The lowest BCUT2D eigenvalue weighted by Gasteiger charge is -2.27. The number of benzene rings is 1. The van der Waals surface area contributed by atoms with Crippen molar-refractivity contribution >= 4 is 17.7 Å². The highest BCUT2D eigenvalue weighted by atomic mass is 32.2. The number of thioether (sulfide) groups is 1. The zero-order valence-electron chi connectivity index (χ0n) is 12.1. The van der Waals surface area contributed by atoms with Gasteiger partial charge in [-0.15, -0.1) is 11.8 Å².